The number of hydrogen-bond acceptors (Lipinski definition) is 7. The molecule has 0 radical (unpaired) electrons. The fourth-order valence-electron chi connectivity index (χ4n) is 6.50. The average molecular weight is 786 g/mol. The topological polar surface area (TPSA) is 117 Å². The Hall–Kier alpha value is -1.02. The van der Waals surface area contributed by atoms with Gasteiger partial charge in [-0.15, -0.1) is 0 Å². The van der Waals surface area contributed by atoms with E-state index in [1.54, 1.807) is 0 Å². The number of carbonyl (C=O) groups is 1. The van der Waals surface area contributed by atoms with E-state index in [-0.39, 0.29) is 32.3 Å². The van der Waals surface area contributed by atoms with Crippen LogP contribution < -0.4 is 5.73 Å². The van der Waals surface area contributed by atoms with Gasteiger partial charge >= 0.3 is 13.8 Å². The van der Waals surface area contributed by atoms with Crippen LogP contribution in [0.2, 0.25) is 0 Å². The zero-order valence-electron chi connectivity index (χ0n) is 35.5. The lowest BCUT2D eigenvalue weighted by Gasteiger charge is -2.20. The van der Waals surface area contributed by atoms with Crippen LogP contribution in [-0.4, -0.2) is 49.9 Å². The Labute approximate surface area is 334 Å². The van der Waals surface area contributed by atoms with Crippen LogP contribution in [0.15, 0.2) is 24.3 Å². The predicted molar refractivity (Wildman–Crippen MR) is 229 cm³/mol. The van der Waals surface area contributed by atoms with Crippen molar-refractivity contribution >= 4 is 13.8 Å². The van der Waals surface area contributed by atoms with Gasteiger partial charge in [-0.2, -0.15) is 0 Å². The Morgan fingerprint density at radius 3 is 1.44 bits per heavy atom. The molecule has 0 aliphatic rings. The fourth-order valence-corrected chi connectivity index (χ4v) is 7.26. The van der Waals surface area contributed by atoms with Crippen LogP contribution in [0.4, 0.5) is 0 Å². The van der Waals surface area contributed by atoms with Crippen molar-refractivity contribution in [1.82, 2.24) is 0 Å². The number of esters is 1. The summed E-state index contributed by atoms with van der Waals surface area (Å²) in [5.74, 6) is -0.330. The monoisotopic (exact) mass is 786 g/mol. The summed E-state index contributed by atoms with van der Waals surface area (Å²) in [7, 11) is -4.27. The Kier molecular flexibility index (Phi) is 42.3. The van der Waals surface area contributed by atoms with E-state index in [1.807, 2.05) is 0 Å². The first-order chi connectivity index (χ1) is 26.4. The van der Waals surface area contributed by atoms with Crippen LogP contribution in [0, 0.1) is 0 Å². The molecule has 0 aromatic heterocycles. The van der Waals surface area contributed by atoms with Crippen molar-refractivity contribution in [2.75, 3.05) is 33.0 Å². The first-order valence-corrected chi connectivity index (χ1v) is 24.3. The minimum Gasteiger partial charge on any atom is -0.457 e. The highest BCUT2D eigenvalue weighted by atomic mass is 31.2. The third-order valence-electron chi connectivity index (χ3n) is 9.87. The second-order valence-electron chi connectivity index (χ2n) is 15.3. The molecular formula is C45H88NO7P. The molecule has 9 heteroatoms. The van der Waals surface area contributed by atoms with Crippen molar-refractivity contribution in [2.45, 2.75) is 225 Å². The molecule has 0 aliphatic heterocycles. The molecule has 0 rings (SSSR count). The van der Waals surface area contributed by atoms with Crippen LogP contribution in [-0.2, 0) is 27.9 Å². The number of ether oxygens (including phenoxy) is 2. The number of phosphoric acid groups is 1. The number of unbranched alkanes of at least 4 members (excludes halogenated alkanes) is 27. The summed E-state index contributed by atoms with van der Waals surface area (Å²) in [6.07, 6.45) is 47.8. The van der Waals surface area contributed by atoms with Crippen LogP contribution in [0.5, 0.6) is 0 Å². The molecule has 0 amide bonds. The summed E-state index contributed by atoms with van der Waals surface area (Å²) in [5, 5.41) is 0. The zero-order valence-corrected chi connectivity index (χ0v) is 36.4. The molecule has 8 nitrogen and oxygen atoms in total. The Balaban J connectivity index is 3.89. The van der Waals surface area contributed by atoms with E-state index in [2.05, 4.69) is 38.2 Å². The molecule has 0 bridgehead atoms. The average Bonchev–Trinajstić information content (AvgIpc) is 3.16. The van der Waals surface area contributed by atoms with Gasteiger partial charge < -0.3 is 20.1 Å². The molecule has 54 heavy (non-hydrogen) atoms. The van der Waals surface area contributed by atoms with Crippen LogP contribution in [0.1, 0.15) is 219 Å². The van der Waals surface area contributed by atoms with E-state index < -0.39 is 13.9 Å². The van der Waals surface area contributed by atoms with Crippen molar-refractivity contribution in [3.05, 3.63) is 24.3 Å². The molecule has 0 aromatic carbocycles. The van der Waals surface area contributed by atoms with Crippen molar-refractivity contribution in [2.24, 2.45) is 5.73 Å². The fraction of sp³-hybridized carbons (Fsp3) is 0.889. The van der Waals surface area contributed by atoms with Crippen LogP contribution in [0.3, 0.4) is 0 Å². The molecule has 2 atom stereocenters. The Morgan fingerprint density at radius 1 is 0.556 bits per heavy atom. The van der Waals surface area contributed by atoms with Gasteiger partial charge in [0.2, 0.25) is 0 Å². The second kappa shape index (κ2) is 43.1. The van der Waals surface area contributed by atoms with Crippen molar-refractivity contribution < 1.29 is 32.8 Å². The van der Waals surface area contributed by atoms with E-state index >= 15 is 0 Å². The molecule has 0 heterocycles. The molecule has 0 saturated heterocycles. The van der Waals surface area contributed by atoms with Gasteiger partial charge in [-0.05, 0) is 44.9 Å². The maximum absolute atomic E-state index is 12.5. The van der Waals surface area contributed by atoms with Crippen molar-refractivity contribution in [1.29, 1.82) is 0 Å². The molecule has 2 unspecified atom stereocenters. The quantitative estimate of drug-likeness (QED) is 0.0271. The molecule has 0 saturated carbocycles. The van der Waals surface area contributed by atoms with Crippen LogP contribution in [0.25, 0.3) is 0 Å². The number of nitrogens with two attached hydrogens (primary N) is 1. The van der Waals surface area contributed by atoms with Gasteiger partial charge in [0.15, 0.2) is 0 Å². The second-order valence-corrected chi connectivity index (χ2v) is 16.7. The van der Waals surface area contributed by atoms with Gasteiger partial charge in [0, 0.05) is 19.6 Å². The first kappa shape index (κ1) is 53.0. The summed E-state index contributed by atoms with van der Waals surface area (Å²) in [4.78, 5) is 22.4. The third kappa shape index (κ3) is 42.1. The standard InChI is InChI=1S/C45H88NO7P/c1-3-5-7-9-11-13-15-16-17-18-19-20-21-22-23-24-25-26-27-29-31-33-35-37-40-50-42-44(43-52-54(48,49)51-41-39-46)53-45(47)38-36-34-32-30-28-14-12-10-8-6-4-2/h15-16,18-19,44H,3-14,17,20-43,46H2,1-2H3,(H,48,49)/b16-15-,19-18-. The normalized spacial score (nSPS) is 13.6. The Morgan fingerprint density at radius 2 is 0.981 bits per heavy atom. The summed E-state index contributed by atoms with van der Waals surface area (Å²) in [6.45, 7) is 4.93. The van der Waals surface area contributed by atoms with E-state index in [0.717, 1.165) is 38.5 Å². The molecule has 0 aromatic rings. The summed E-state index contributed by atoms with van der Waals surface area (Å²) < 4.78 is 33.4. The first-order valence-electron chi connectivity index (χ1n) is 22.8. The van der Waals surface area contributed by atoms with Gasteiger partial charge in [0.25, 0.3) is 0 Å². The number of carbonyl (C=O) groups excluding carboxylic acids is 1. The molecule has 3 N–H and O–H groups in total. The van der Waals surface area contributed by atoms with E-state index in [4.69, 9.17) is 24.3 Å². The lowest BCUT2D eigenvalue weighted by Crippen LogP contribution is -2.28. The Bertz CT molecular complexity index is 884. The van der Waals surface area contributed by atoms with Crippen molar-refractivity contribution in [3.63, 3.8) is 0 Å². The van der Waals surface area contributed by atoms with E-state index in [0.29, 0.717) is 13.0 Å². The van der Waals surface area contributed by atoms with Gasteiger partial charge in [0.1, 0.15) is 6.10 Å². The largest absolute Gasteiger partial charge is 0.472 e. The number of phosphoric ester groups is 1. The van der Waals surface area contributed by atoms with E-state index in [1.165, 1.54) is 161 Å². The molecule has 0 fully saturated rings. The molecular weight excluding hydrogens is 697 g/mol. The van der Waals surface area contributed by atoms with Gasteiger partial charge in [-0.25, -0.2) is 4.57 Å². The lowest BCUT2D eigenvalue weighted by atomic mass is 10.0. The molecule has 0 aliphatic carbocycles. The predicted octanol–water partition coefficient (Wildman–Crippen LogP) is 13.6. The van der Waals surface area contributed by atoms with Crippen molar-refractivity contribution in [3.8, 4) is 0 Å². The molecule has 0 spiro atoms. The summed E-state index contributed by atoms with van der Waals surface area (Å²) in [5.41, 5.74) is 5.37. The SMILES string of the molecule is CCCCCCC/C=C\C/C=C\CCCCCCCCCCCCCCOCC(COP(=O)(O)OCCN)OC(=O)CCCCCCCCCCCCC. The smallest absolute Gasteiger partial charge is 0.457 e. The van der Waals surface area contributed by atoms with Crippen LogP contribution >= 0.6 is 7.82 Å². The minimum atomic E-state index is -4.27. The highest BCUT2D eigenvalue weighted by Crippen LogP contribution is 2.43. The number of rotatable bonds is 44. The summed E-state index contributed by atoms with van der Waals surface area (Å²) in [6, 6.07) is 0. The maximum Gasteiger partial charge on any atom is 0.472 e. The zero-order chi connectivity index (χ0) is 39.5. The molecule has 320 valence electrons. The van der Waals surface area contributed by atoms with Gasteiger partial charge in [0.05, 0.1) is 19.8 Å². The summed E-state index contributed by atoms with van der Waals surface area (Å²) >= 11 is 0. The highest BCUT2D eigenvalue weighted by Gasteiger charge is 2.25. The number of allylic oxidation sites excluding steroid dienone is 4. The van der Waals surface area contributed by atoms with Gasteiger partial charge in [-0.3, -0.25) is 13.8 Å². The third-order valence-corrected chi connectivity index (χ3v) is 10.9. The minimum absolute atomic E-state index is 0.0934. The van der Waals surface area contributed by atoms with Gasteiger partial charge in [-0.1, -0.05) is 192 Å². The lowest BCUT2D eigenvalue weighted by molar-refractivity contribution is -0.154. The maximum atomic E-state index is 12.5. The highest BCUT2D eigenvalue weighted by molar-refractivity contribution is 7.47. The number of hydrogen-bond donors (Lipinski definition) is 2. The van der Waals surface area contributed by atoms with E-state index in [9.17, 15) is 14.3 Å².